The molecule has 0 atom stereocenters. The summed E-state index contributed by atoms with van der Waals surface area (Å²) in [5.74, 6) is 0. The molecule has 0 aliphatic carbocycles. The molecule has 102 valence electrons. The Kier molecular flexibility index (Phi) is 4.67. The lowest BCUT2D eigenvalue weighted by Gasteiger charge is -2.19. The van der Waals surface area contributed by atoms with Crippen molar-refractivity contribution in [2.24, 2.45) is 5.41 Å². The van der Waals surface area contributed by atoms with Gasteiger partial charge in [-0.1, -0.05) is 0 Å². The molecule has 0 aliphatic rings. The standard InChI is InChI=1S/C13H9F3N4/c14-13(15,16)3-2-12(8-18,9-19)6-11-5-10(7-17)1-4-20-11/h1,4-5H,2-3,6H2. The highest BCUT2D eigenvalue weighted by Crippen LogP contribution is 2.32. The molecule has 7 heteroatoms. The molecule has 1 aromatic heterocycles. The van der Waals surface area contributed by atoms with Crippen molar-refractivity contribution in [1.29, 1.82) is 15.8 Å². The predicted octanol–water partition coefficient (Wildman–Crippen LogP) is 2.87. The van der Waals surface area contributed by atoms with Gasteiger partial charge in [-0.05, 0) is 18.6 Å². The van der Waals surface area contributed by atoms with Gasteiger partial charge in [0.25, 0.3) is 0 Å². The lowest BCUT2D eigenvalue weighted by molar-refractivity contribution is -0.138. The first-order valence-electron chi connectivity index (χ1n) is 5.58. The highest BCUT2D eigenvalue weighted by atomic mass is 19.4. The summed E-state index contributed by atoms with van der Waals surface area (Å²) in [6.45, 7) is 0. The molecule has 0 unspecified atom stereocenters. The summed E-state index contributed by atoms with van der Waals surface area (Å²) in [6, 6.07) is 7.93. The number of nitrogens with zero attached hydrogens (tertiary/aromatic N) is 4. The molecule has 0 N–H and O–H groups in total. The smallest absolute Gasteiger partial charge is 0.261 e. The van der Waals surface area contributed by atoms with E-state index in [0.717, 1.165) is 0 Å². The SMILES string of the molecule is N#Cc1ccnc(CC(C#N)(C#N)CCC(F)(F)F)c1. The quantitative estimate of drug-likeness (QED) is 0.847. The molecule has 4 nitrogen and oxygen atoms in total. The third kappa shape index (κ3) is 4.26. The Morgan fingerprint density at radius 1 is 1.10 bits per heavy atom. The largest absolute Gasteiger partial charge is 0.389 e. The van der Waals surface area contributed by atoms with E-state index in [4.69, 9.17) is 15.8 Å². The molecule has 0 aromatic carbocycles. The third-order valence-electron chi connectivity index (χ3n) is 2.69. The fourth-order valence-corrected chi connectivity index (χ4v) is 1.61. The number of pyridine rings is 1. The summed E-state index contributed by atoms with van der Waals surface area (Å²) in [5, 5.41) is 26.8. The Bertz CT molecular complexity index is 588. The van der Waals surface area contributed by atoms with Crippen LogP contribution in [0.25, 0.3) is 0 Å². The number of halogens is 3. The number of rotatable bonds is 4. The molecule has 0 saturated carbocycles. The van der Waals surface area contributed by atoms with Gasteiger partial charge in [0.15, 0.2) is 0 Å². The van der Waals surface area contributed by atoms with Gasteiger partial charge in [-0.2, -0.15) is 29.0 Å². The second-order valence-electron chi connectivity index (χ2n) is 4.25. The maximum absolute atomic E-state index is 12.2. The van der Waals surface area contributed by atoms with E-state index in [1.807, 2.05) is 6.07 Å². The van der Waals surface area contributed by atoms with Crippen molar-refractivity contribution in [3.8, 4) is 18.2 Å². The van der Waals surface area contributed by atoms with Crippen molar-refractivity contribution in [1.82, 2.24) is 4.98 Å². The van der Waals surface area contributed by atoms with Gasteiger partial charge in [-0.25, -0.2) is 0 Å². The minimum atomic E-state index is -4.43. The summed E-state index contributed by atoms with van der Waals surface area (Å²) in [4.78, 5) is 3.88. The Balaban J connectivity index is 2.95. The van der Waals surface area contributed by atoms with Gasteiger partial charge < -0.3 is 0 Å². The van der Waals surface area contributed by atoms with E-state index < -0.39 is 24.4 Å². The van der Waals surface area contributed by atoms with E-state index in [1.165, 1.54) is 18.3 Å². The normalized spacial score (nSPS) is 11.2. The fraction of sp³-hybridized carbons (Fsp3) is 0.385. The predicted molar refractivity (Wildman–Crippen MR) is 61.6 cm³/mol. The Morgan fingerprint density at radius 2 is 1.75 bits per heavy atom. The number of nitriles is 3. The molecule has 0 radical (unpaired) electrons. The topological polar surface area (TPSA) is 84.3 Å². The van der Waals surface area contributed by atoms with Crippen molar-refractivity contribution in [2.45, 2.75) is 25.4 Å². The van der Waals surface area contributed by atoms with Crippen LogP contribution in [-0.2, 0) is 6.42 Å². The molecule has 20 heavy (non-hydrogen) atoms. The average molecular weight is 278 g/mol. The zero-order chi connectivity index (χ0) is 15.2. The molecule has 1 heterocycles. The van der Waals surface area contributed by atoms with Crippen LogP contribution in [0.1, 0.15) is 24.1 Å². The molecule has 1 rings (SSSR count). The van der Waals surface area contributed by atoms with Crippen LogP contribution < -0.4 is 0 Å². The number of aromatic nitrogens is 1. The molecule has 0 aliphatic heterocycles. The Morgan fingerprint density at radius 3 is 2.25 bits per heavy atom. The van der Waals surface area contributed by atoms with Crippen molar-refractivity contribution >= 4 is 0 Å². The zero-order valence-corrected chi connectivity index (χ0v) is 10.3. The van der Waals surface area contributed by atoms with E-state index in [-0.39, 0.29) is 17.7 Å². The lowest BCUT2D eigenvalue weighted by atomic mass is 9.81. The van der Waals surface area contributed by atoms with Gasteiger partial charge in [0.1, 0.15) is 5.41 Å². The molecule has 1 aromatic rings. The van der Waals surface area contributed by atoms with Gasteiger partial charge in [-0.15, -0.1) is 0 Å². The van der Waals surface area contributed by atoms with Crippen LogP contribution in [0.3, 0.4) is 0 Å². The minimum Gasteiger partial charge on any atom is -0.261 e. The van der Waals surface area contributed by atoms with E-state index in [2.05, 4.69) is 4.98 Å². The van der Waals surface area contributed by atoms with Crippen LogP contribution in [-0.4, -0.2) is 11.2 Å². The summed E-state index contributed by atoms with van der Waals surface area (Å²) >= 11 is 0. The van der Waals surface area contributed by atoms with Gasteiger partial charge >= 0.3 is 6.18 Å². The molecule has 0 amide bonds. The van der Waals surface area contributed by atoms with Crippen LogP contribution >= 0.6 is 0 Å². The van der Waals surface area contributed by atoms with Gasteiger partial charge in [-0.3, -0.25) is 4.98 Å². The molecule has 0 saturated heterocycles. The van der Waals surface area contributed by atoms with Crippen LogP contribution in [0.5, 0.6) is 0 Å². The molecular weight excluding hydrogens is 269 g/mol. The first-order valence-corrected chi connectivity index (χ1v) is 5.58. The second-order valence-corrected chi connectivity index (χ2v) is 4.25. The average Bonchev–Trinajstić information content (AvgIpc) is 2.43. The van der Waals surface area contributed by atoms with E-state index >= 15 is 0 Å². The van der Waals surface area contributed by atoms with Crippen LogP contribution in [0, 0.1) is 39.4 Å². The Labute approximate surface area is 113 Å². The van der Waals surface area contributed by atoms with Crippen molar-refractivity contribution in [3.63, 3.8) is 0 Å². The molecule has 0 bridgehead atoms. The number of hydrogen-bond donors (Lipinski definition) is 0. The third-order valence-corrected chi connectivity index (χ3v) is 2.69. The highest BCUT2D eigenvalue weighted by Gasteiger charge is 2.37. The van der Waals surface area contributed by atoms with Crippen molar-refractivity contribution in [3.05, 3.63) is 29.6 Å². The van der Waals surface area contributed by atoms with E-state index in [9.17, 15) is 13.2 Å². The minimum absolute atomic E-state index is 0.244. The maximum Gasteiger partial charge on any atom is 0.389 e. The monoisotopic (exact) mass is 278 g/mol. The first kappa shape index (κ1) is 15.5. The van der Waals surface area contributed by atoms with Crippen LogP contribution in [0.4, 0.5) is 13.2 Å². The molecular formula is C13H9F3N4. The summed E-state index contributed by atoms with van der Waals surface area (Å²) in [6.07, 6.45) is -5.20. The van der Waals surface area contributed by atoms with Gasteiger partial charge in [0.2, 0.25) is 0 Å². The molecule has 0 fully saturated rings. The summed E-state index contributed by atoms with van der Waals surface area (Å²) in [5.41, 5.74) is -1.28. The van der Waals surface area contributed by atoms with E-state index in [0.29, 0.717) is 0 Å². The summed E-state index contributed by atoms with van der Waals surface area (Å²) < 4.78 is 36.7. The second kappa shape index (κ2) is 6.04. The molecule has 0 spiro atoms. The van der Waals surface area contributed by atoms with Gasteiger partial charge in [0, 0.05) is 24.7 Å². The van der Waals surface area contributed by atoms with Crippen molar-refractivity contribution < 1.29 is 13.2 Å². The maximum atomic E-state index is 12.2. The highest BCUT2D eigenvalue weighted by molar-refractivity contribution is 5.30. The lowest BCUT2D eigenvalue weighted by Crippen LogP contribution is -2.23. The fourth-order valence-electron chi connectivity index (χ4n) is 1.61. The number of alkyl halides is 3. The first-order chi connectivity index (χ1) is 9.34. The summed E-state index contributed by atoms with van der Waals surface area (Å²) in [7, 11) is 0. The Hall–Kier alpha value is -2.59. The van der Waals surface area contributed by atoms with Crippen LogP contribution in [0.2, 0.25) is 0 Å². The van der Waals surface area contributed by atoms with E-state index in [1.54, 1.807) is 12.1 Å². The number of hydrogen-bond acceptors (Lipinski definition) is 4. The van der Waals surface area contributed by atoms with Crippen LogP contribution in [0.15, 0.2) is 18.3 Å². The van der Waals surface area contributed by atoms with Crippen molar-refractivity contribution in [2.75, 3.05) is 0 Å². The van der Waals surface area contributed by atoms with Gasteiger partial charge in [0.05, 0.1) is 23.8 Å². The zero-order valence-electron chi connectivity index (χ0n) is 10.3.